The molecule has 0 amide bonds. The Morgan fingerprint density at radius 3 is 2.38 bits per heavy atom. The average molecular weight is 328 g/mol. The van der Waals surface area contributed by atoms with Crippen molar-refractivity contribution in [1.29, 1.82) is 0 Å². The molecule has 4 nitrogen and oxygen atoms in total. The maximum Gasteiger partial charge on any atom is 0.250 e. The van der Waals surface area contributed by atoms with Crippen LogP contribution in [0, 0.1) is 11.6 Å². The Hall–Kier alpha value is -3.15. The molecule has 3 aromatic rings. The lowest BCUT2D eigenvalue weighted by molar-refractivity contribution is 0.470. The summed E-state index contributed by atoms with van der Waals surface area (Å²) in [5.74, 6) is -1.07. The Bertz CT molecular complexity index is 947. The van der Waals surface area contributed by atoms with Crippen molar-refractivity contribution in [2.24, 2.45) is 7.05 Å². The van der Waals surface area contributed by atoms with Crippen molar-refractivity contribution in [3.63, 3.8) is 0 Å². The molecule has 0 atom stereocenters. The van der Waals surface area contributed by atoms with Gasteiger partial charge in [0.25, 0.3) is 0 Å². The fourth-order valence-corrected chi connectivity index (χ4v) is 2.33. The van der Waals surface area contributed by atoms with Crippen molar-refractivity contribution >= 4 is 5.69 Å². The van der Waals surface area contributed by atoms with Gasteiger partial charge in [0.05, 0.1) is 0 Å². The summed E-state index contributed by atoms with van der Waals surface area (Å²) in [7, 11) is 1.63. The van der Waals surface area contributed by atoms with E-state index in [1.807, 2.05) is 0 Å². The van der Waals surface area contributed by atoms with Crippen LogP contribution in [0.2, 0.25) is 0 Å². The van der Waals surface area contributed by atoms with Crippen LogP contribution >= 0.6 is 0 Å². The largest absolute Gasteiger partial charge is 0.457 e. The predicted octanol–water partition coefficient (Wildman–Crippen LogP) is 3.71. The van der Waals surface area contributed by atoms with Crippen LogP contribution in [0.1, 0.15) is 0 Å². The quantitative estimate of drug-likeness (QED) is 0.746. The fourth-order valence-electron chi connectivity index (χ4n) is 2.33. The lowest BCUT2D eigenvalue weighted by atomic mass is 10.1. The van der Waals surface area contributed by atoms with Crippen LogP contribution in [-0.4, -0.2) is 4.57 Å². The third-order valence-electron chi connectivity index (χ3n) is 3.46. The molecule has 0 bridgehead atoms. The number of nitrogens with two attached hydrogens (primary N) is 1. The Balaban J connectivity index is 2.08. The van der Waals surface area contributed by atoms with Crippen LogP contribution in [0.4, 0.5) is 14.5 Å². The van der Waals surface area contributed by atoms with Gasteiger partial charge < -0.3 is 15.0 Å². The maximum atomic E-state index is 13.3. The van der Waals surface area contributed by atoms with E-state index >= 15 is 0 Å². The number of benzene rings is 2. The standard InChI is InChI=1S/C18H14F2N2O2/c1-22-10-11(2-5-18(22)23)16-9-14(21)3-4-17(16)24-15-7-12(19)6-13(20)8-15/h2-10H,21H2,1H3. The average Bonchev–Trinajstić information content (AvgIpc) is 2.51. The highest BCUT2D eigenvalue weighted by molar-refractivity contribution is 5.73. The highest BCUT2D eigenvalue weighted by atomic mass is 19.1. The normalized spacial score (nSPS) is 10.6. The molecule has 0 saturated carbocycles. The van der Waals surface area contributed by atoms with Crippen LogP contribution in [0.25, 0.3) is 11.1 Å². The van der Waals surface area contributed by atoms with Crippen LogP contribution in [-0.2, 0) is 7.05 Å². The topological polar surface area (TPSA) is 57.2 Å². The number of hydrogen-bond donors (Lipinski definition) is 1. The number of pyridine rings is 1. The molecule has 0 aliphatic heterocycles. The first-order chi connectivity index (χ1) is 11.4. The predicted molar refractivity (Wildman–Crippen MR) is 88.0 cm³/mol. The van der Waals surface area contributed by atoms with E-state index in [9.17, 15) is 13.6 Å². The SMILES string of the molecule is Cn1cc(-c2cc(N)ccc2Oc2cc(F)cc(F)c2)ccc1=O. The lowest BCUT2D eigenvalue weighted by Crippen LogP contribution is -2.14. The van der Waals surface area contributed by atoms with Gasteiger partial charge in [-0.25, -0.2) is 8.78 Å². The van der Waals surface area contributed by atoms with Gasteiger partial charge in [-0.2, -0.15) is 0 Å². The Kier molecular flexibility index (Phi) is 4.04. The Morgan fingerprint density at radius 2 is 1.71 bits per heavy atom. The van der Waals surface area contributed by atoms with E-state index in [4.69, 9.17) is 10.5 Å². The summed E-state index contributed by atoms with van der Waals surface area (Å²) in [6.45, 7) is 0. The lowest BCUT2D eigenvalue weighted by Gasteiger charge is -2.13. The van der Waals surface area contributed by atoms with Crippen LogP contribution in [0.15, 0.2) is 59.5 Å². The molecule has 122 valence electrons. The minimum Gasteiger partial charge on any atom is -0.457 e. The molecule has 2 aromatic carbocycles. The number of ether oxygens (including phenoxy) is 1. The number of rotatable bonds is 3. The first kappa shape index (κ1) is 15.7. The van der Waals surface area contributed by atoms with Crippen LogP contribution in [0.5, 0.6) is 11.5 Å². The van der Waals surface area contributed by atoms with Crippen molar-refractivity contribution in [2.75, 3.05) is 5.73 Å². The van der Waals surface area contributed by atoms with Crippen molar-refractivity contribution in [2.45, 2.75) is 0 Å². The second kappa shape index (κ2) is 6.16. The number of aromatic nitrogens is 1. The van der Waals surface area contributed by atoms with E-state index in [0.29, 0.717) is 22.6 Å². The van der Waals surface area contributed by atoms with Crippen molar-refractivity contribution in [3.8, 4) is 22.6 Å². The summed E-state index contributed by atoms with van der Waals surface area (Å²) in [4.78, 5) is 11.5. The highest BCUT2D eigenvalue weighted by Gasteiger charge is 2.11. The number of anilines is 1. The summed E-state index contributed by atoms with van der Waals surface area (Å²) in [5, 5.41) is 0. The highest BCUT2D eigenvalue weighted by Crippen LogP contribution is 2.35. The first-order valence-corrected chi connectivity index (χ1v) is 7.13. The maximum absolute atomic E-state index is 13.3. The minimum atomic E-state index is -0.732. The van der Waals surface area contributed by atoms with Gasteiger partial charge in [-0.1, -0.05) is 0 Å². The summed E-state index contributed by atoms with van der Waals surface area (Å²) < 4.78 is 33.7. The van der Waals surface area contributed by atoms with Gasteiger partial charge in [0.1, 0.15) is 23.1 Å². The first-order valence-electron chi connectivity index (χ1n) is 7.13. The minimum absolute atomic E-state index is 0.0309. The van der Waals surface area contributed by atoms with E-state index in [1.54, 1.807) is 37.5 Å². The van der Waals surface area contributed by atoms with E-state index in [-0.39, 0.29) is 11.3 Å². The molecule has 0 aliphatic rings. The zero-order valence-corrected chi connectivity index (χ0v) is 12.8. The third-order valence-corrected chi connectivity index (χ3v) is 3.46. The van der Waals surface area contributed by atoms with E-state index in [1.165, 1.54) is 10.6 Å². The van der Waals surface area contributed by atoms with Gasteiger partial charge in [0.2, 0.25) is 5.56 Å². The molecule has 1 heterocycles. The smallest absolute Gasteiger partial charge is 0.250 e. The van der Waals surface area contributed by atoms with Crippen molar-refractivity contribution < 1.29 is 13.5 Å². The molecule has 0 radical (unpaired) electrons. The number of hydrogen-bond acceptors (Lipinski definition) is 3. The number of nitrogen functional groups attached to an aromatic ring is 1. The van der Waals surface area contributed by atoms with Crippen LogP contribution < -0.4 is 16.0 Å². The monoisotopic (exact) mass is 328 g/mol. The molecule has 6 heteroatoms. The van der Waals surface area contributed by atoms with E-state index in [0.717, 1.165) is 18.2 Å². The van der Waals surface area contributed by atoms with E-state index in [2.05, 4.69) is 0 Å². The van der Waals surface area contributed by atoms with Crippen molar-refractivity contribution in [1.82, 2.24) is 4.57 Å². The summed E-state index contributed by atoms with van der Waals surface area (Å²) in [6, 6.07) is 10.9. The van der Waals surface area contributed by atoms with Gasteiger partial charge in [0.15, 0.2) is 0 Å². The van der Waals surface area contributed by atoms with Gasteiger partial charge in [-0.05, 0) is 24.3 Å². The number of aryl methyl sites for hydroxylation is 1. The molecule has 0 unspecified atom stereocenters. The molecule has 1 aromatic heterocycles. The zero-order valence-electron chi connectivity index (χ0n) is 12.8. The molecular formula is C18H14F2N2O2. The van der Waals surface area contributed by atoms with Crippen molar-refractivity contribution in [3.05, 3.63) is 76.7 Å². The second-order valence-corrected chi connectivity index (χ2v) is 5.33. The van der Waals surface area contributed by atoms with E-state index < -0.39 is 11.6 Å². The number of halogens is 2. The van der Waals surface area contributed by atoms with Gasteiger partial charge in [0, 0.05) is 54.3 Å². The van der Waals surface area contributed by atoms with Gasteiger partial charge in [-0.3, -0.25) is 4.79 Å². The third kappa shape index (κ3) is 3.27. The number of nitrogens with zero attached hydrogens (tertiary/aromatic N) is 1. The van der Waals surface area contributed by atoms with Crippen LogP contribution in [0.3, 0.4) is 0 Å². The molecule has 2 N–H and O–H groups in total. The summed E-state index contributed by atoms with van der Waals surface area (Å²) in [6.07, 6.45) is 1.64. The molecule has 0 saturated heterocycles. The zero-order chi connectivity index (χ0) is 17.3. The summed E-state index contributed by atoms with van der Waals surface area (Å²) >= 11 is 0. The molecule has 0 spiro atoms. The molecule has 0 fully saturated rings. The van der Waals surface area contributed by atoms with Gasteiger partial charge >= 0.3 is 0 Å². The summed E-state index contributed by atoms with van der Waals surface area (Å²) in [5.41, 5.74) is 7.47. The fraction of sp³-hybridized carbons (Fsp3) is 0.0556. The van der Waals surface area contributed by atoms with Gasteiger partial charge in [-0.15, -0.1) is 0 Å². The molecule has 24 heavy (non-hydrogen) atoms. The second-order valence-electron chi connectivity index (χ2n) is 5.33. The molecule has 3 rings (SSSR count). The Labute approximate surface area is 136 Å². The Morgan fingerprint density at radius 1 is 1.00 bits per heavy atom. The molecule has 0 aliphatic carbocycles. The molecular weight excluding hydrogens is 314 g/mol.